The van der Waals surface area contributed by atoms with Crippen LogP contribution in [0.25, 0.3) is 11.3 Å². The van der Waals surface area contributed by atoms with Crippen LogP contribution in [0, 0.1) is 0 Å². The lowest BCUT2D eigenvalue weighted by Crippen LogP contribution is -2.21. The molecule has 3 N–H and O–H groups in total. The average Bonchev–Trinajstić information content (AvgIpc) is 2.83. The Morgan fingerprint density at radius 1 is 1.37 bits per heavy atom. The zero-order chi connectivity index (χ0) is 13.8. The maximum atomic E-state index is 11.1. The number of rotatable bonds is 5. The quantitative estimate of drug-likeness (QED) is 0.658. The zero-order valence-corrected chi connectivity index (χ0v) is 9.84. The molecule has 8 heteroatoms. The maximum absolute atomic E-state index is 11.1. The van der Waals surface area contributed by atoms with E-state index in [0.29, 0.717) is 5.56 Å². The van der Waals surface area contributed by atoms with Crippen LogP contribution in [0.5, 0.6) is 0 Å². The first-order valence-electron chi connectivity index (χ1n) is 5.49. The normalized spacial score (nSPS) is 12.3. The number of pyridine rings is 1. The van der Waals surface area contributed by atoms with Crippen molar-refractivity contribution in [3.63, 3.8) is 0 Å². The molecular formula is C11H12N4O4. The highest BCUT2D eigenvalue weighted by Crippen LogP contribution is 2.21. The Balaban J connectivity index is 2.48. The number of aliphatic hydroxyl groups excluding tert-OH is 2. The van der Waals surface area contributed by atoms with Gasteiger partial charge in [0.2, 0.25) is 0 Å². The molecule has 0 aliphatic heterocycles. The summed E-state index contributed by atoms with van der Waals surface area (Å²) >= 11 is 0. The number of carboxylic acid groups (broad SMARTS) is 1. The fourth-order valence-corrected chi connectivity index (χ4v) is 1.64. The summed E-state index contributed by atoms with van der Waals surface area (Å²) in [6.45, 7) is -0.494. The largest absolute Gasteiger partial charge is 0.476 e. The number of aromatic carboxylic acids is 1. The minimum Gasteiger partial charge on any atom is -0.476 e. The van der Waals surface area contributed by atoms with E-state index in [1.54, 1.807) is 12.1 Å². The molecule has 0 radical (unpaired) electrons. The van der Waals surface area contributed by atoms with Crippen LogP contribution < -0.4 is 0 Å². The van der Waals surface area contributed by atoms with E-state index in [1.807, 2.05) is 0 Å². The molecule has 2 aromatic heterocycles. The van der Waals surface area contributed by atoms with Gasteiger partial charge in [-0.15, -0.1) is 5.10 Å². The lowest BCUT2D eigenvalue weighted by Gasteiger charge is -2.10. The van der Waals surface area contributed by atoms with E-state index in [2.05, 4.69) is 15.3 Å². The molecule has 8 nitrogen and oxygen atoms in total. The zero-order valence-electron chi connectivity index (χ0n) is 9.84. The van der Waals surface area contributed by atoms with Gasteiger partial charge in [-0.05, 0) is 12.1 Å². The Labute approximate surface area is 108 Å². The first kappa shape index (κ1) is 13.1. The van der Waals surface area contributed by atoms with Crippen molar-refractivity contribution in [1.29, 1.82) is 0 Å². The summed E-state index contributed by atoms with van der Waals surface area (Å²) in [5.41, 5.74) is 0.626. The van der Waals surface area contributed by atoms with Gasteiger partial charge in [-0.2, -0.15) is 0 Å². The molecule has 0 aromatic carbocycles. The van der Waals surface area contributed by atoms with Gasteiger partial charge in [0.25, 0.3) is 0 Å². The second kappa shape index (κ2) is 5.55. The molecule has 0 fully saturated rings. The monoisotopic (exact) mass is 264 g/mol. The highest BCUT2D eigenvalue weighted by molar-refractivity contribution is 5.92. The summed E-state index contributed by atoms with van der Waals surface area (Å²) in [5, 5.41) is 34.6. The van der Waals surface area contributed by atoms with Gasteiger partial charge in [0, 0.05) is 18.0 Å². The second-order valence-electron chi connectivity index (χ2n) is 3.85. The third-order valence-corrected chi connectivity index (χ3v) is 2.49. The summed E-state index contributed by atoms with van der Waals surface area (Å²) < 4.78 is 1.25. The fraction of sp³-hybridized carbons (Fsp3) is 0.273. The Morgan fingerprint density at radius 3 is 2.63 bits per heavy atom. The topological polar surface area (TPSA) is 121 Å². The van der Waals surface area contributed by atoms with Crippen LogP contribution >= 0.6 is 0 Å². The molecule has 1 unspecified atom stereocenters. The third kappa shape index (κ3) is 2.75. The summed E-state index contributed by atoms with van der Waals surface area (Å²) in [4.78, 5) is 15.0. The van der Waals surface area contributed by atoms with Crippen molar-refractivity contribution in [2.24, 2.45) is 0 Å². The van der Waals surface area contributed by atoms with Crippen molar-refractivity contribution in [1.82, 2.24) is 20.0 Å². The van der Waals surface area contributed by atoms with Crippen LogP contribution in [-0.4, -0.2) is 54.0 Å². The van der Waals surface area contributed by atoms with Gasteiger partial charge >= 0.3 is 5.97 Å². The van der Waals surface area contributed by atoms with Gasteiger partial charge in [-0.1, -0.05) is 5.21 Å². The lowest BCUT2D eigenvalue weighted by molar-refractivity contribution is 0.0690. The molecule has 0 aliphatic rings. The molecule has 19 heavy (non-hydrogen) atoms. The van der Waals surface area contributed by atoms with Gasteiger partial charge < -0.3 is 15.3 Å². The van der Waals surface area contributed by atoms with Crippen LogP contribution in [0.4, 0.5) is 0 Å². The number of aliphatic hydroxyl groups is 2. The van der Waals surface area contributed by atoms with Gasteiger partial charge in [0.15, 0.2) is 5.69 Å². The second-order valence-corrected chi connectivity index (χ2v) is 3.85. The predicted molar refractivity (Wildman–Crippen MR) is 63.3 cm³/mol. The molecule has 1 atom stereocenters. The van der Waals surface area contributed by atoms with Crippen molar-refractivity contribution >= 4 is 5.97 Å². The number of aromatic nitrogens is 4. The lowest BCUT2D eigenvalue weighted by atomic mass is 10.1. The molecule has 0 aliphatic carbocycles. The molecule has 0 spiro atoms. The molecule has 2 heterocycles. The van der Waals surface area contributed by atoms with Gasteiger partial charge in [0.05, 0.1) is 19.3 Å². The van der Waals surface area contributed by atoms with Crippen LogP contribution in [0.15, 0.2) is 24.5 Å². The third-order valence-electron chi connectivity index (χ3n) is 2.49. The van der Waals surface area contributed by atoms with E-state index in [1.165, 1.54) is 17.1 Å². The summed E-state index contributed by atoms with van der Waals surface area (Å²) in [7, 11) is 0. The van der Waals surface area contributed by atoms with Crippen molar-refractivity contribution in [2.45, 2.75) is 12.6 Å². The van der Waals surface area contributed by atoms with Crippen LogP contribution in [-0.2, 0) is 6.54 Å². The van der Waals surface area contributed by atoms with Crippen molar-refractivity contribution < 1.29 is 20.1 Å². The summed E-state index contributed by atoms with van der Waals surface area (Å²) in [6, 6.07) is 3.24. The van der Waals surface area contributed by atoms with Crippen molar-refractivity contribution in [3.8, 4) is 11.3 Å². The number of hydrogen-bond acceptors (Lipinski definition) is 6. The maximum Gasteiger partial charge on any atom is 0.358 e. The molecule has 2 rings (SSSR count). The van der Waals surface area contributed by atoms with E-state index in [-0.39, 0.29) is 17.9 Å². The average molecular weight is 264 g/mol. The minimum atomic E-state index is -1.21. The Kier molecular flexibility index (Phi) is 3.83. The molecule has 0 saturated carbocycles. The van der Waals surface area contributed by atoms with Crippen LogP contribution in [0.3, 0.4) is 0 Å². The first-order valence-corrected chi connectivity index (χ1v) is 5.49. The first-order chi connectivity index (χ1) is 9.13. The van der Waals surface area contributed by atoms with Crippen LogP contribution in [0.2, 0.25) is 0 Å². The molecule has 2 aromatic rings. The van der Waals surface area contributed by atoms with E-state index in [4.69, 9.17) is 10.2 Å². The molecule has 100 valence electrons. The standard InChI is InChI=1S/C11H12N4O4/c16-6-8(17)5-15-10(7-1-3-12-4-2-7)9(11(18)19)13-14-15/h1-4,8,16-17H,5-6H2,(H,18,19). The number of hydrogen-bond donors (Lipinski definition) is 3. The summed E-state index contributed by atoms with van der Waals surface area (Å²) in [6.07, 6.45) is 1.99. The Morgan fingerprint density at radius 2 is 2.05 bits per heavy atom. The van der Waals surface area contributed by atoms with Gasteiger partial charge in [0.1, 0.15) is 5.69 Å². The van der Waals surface area contributed by atoms with E-state index in [9.17, 15) is 9.90 Å². The number of nitrogens with zero attached hydrogens (tertiary/aromatic N) is 4. The Bertz CT molecular complexity index is 569. The van der Waals surface area contributed by atoms with Crippen molar-refractivity contribution in [2.75, 3.05) is 6.61 Å². The fourth-order valence-electron chi connectivity index (χ4n) is 1.64. The predicted octanol–water partition coefficient (Wildman–Crippen LogP) is -0.609. The van der Waals surface area contributed by atoms with E-state index < -0.39 is 18.7 Å². The highest BCUT2D eigenvalue weighted by Gasteiger charge is 2.21. The number of carboxylic acids is 1. The minimum absolute atomic E-state index is 0.0472. The Hall–Kier alpha value is -2.32. The van der Waals surface area contributed by atoms with Crippen LogP contribution in [0.1, 0.15) is 10.5 Å². The SMILES string of the molecule is O=C(O)c1nnn(CC(O)CO)c1-c1ccncc1. The van der Waals surface area contributed by atoms with Gasteiger partial charge in [-0.3, -0.25) is 4.98 Å². The van der Waals surface area contributed by atoms with E-state index in [0.717, 1.165) is 0 Å². The molecule has 0 bridgehead atoms. The number of carbonyl (C=O) groups is 1. The highest BCUT2D eigenvalue weighted by atomic mass is 16.4. The van der Waals surface area contributed by atoms with Gasteiger partial charge in [-0.25, -0.2) is 9.48 Å². The smallest absolute Gasteiger partial charge is 0.358 e. The molecule has 0 amide bonds. The van der Waals surface area contributed by atoms with E-state index >= 15 is 0 Å². The summed E-state index contributed by atoms with van der Waals surface area (Å²) in [5.74, 6) is -1.21. The molecular weight excluding hydrogens is 252 g/mol. The molecule has 0 saturated heterocycles. The van der Waals surface area contributed by atoms with Crippen molar-refractivity contribution in [3.05, 3.63) is 30.2 Å².